The second-order valence-electron chi connectivity index (χ2n) is 3.17. The van der Waals surface area contributed by atoms with Crippen molar-refractivity contribution >= 4 is 17.7 Å². The highest BCUT2D eigenvalue weighted by atomic mass is 32.2. The van der Waals surface area contributed by atoms with Gasteiger partial charge in [-0.3, -0.25) is 0 Å². The summed E-state index contributed by atoms with van der Waals surface area (Å²) in [5.41, 5.74) is 0.960. The molecule has 0 aliphatic heterocycles. The summed E-state index contributed by atoms with van der Waals surface area (Å²) < 4.78 is 1.70. The molecule has 0 radical (unpaired) electrons. The fourth-order valence-corrected chi connectivity index (χ4v) is 1.80. The highest BCUT2D eigenvalue weighted by molar-refractivity contribution is 7.98. The van der Waals surface area contributed by atoms with Crippen molar-refractivity contribution in [2.24, 2.45) is 0 Å². The van der Waals surface area contributed by atoms with Gasteiger partial charge in [0.25, 0.3) is 0 Å². The number of rotatable bonds is 3. The lowest BCUT2D eigenvalue weighted by Gasteiger charge is -2.03. The van der Waals surface area contributed by atoms with E-state index in [1.807, 2.05) is 30.5 Å². The fraction of sp³-hybridized carbons (Fsp3) is 0.0909. The topological polar surface area (TPSA) is 55.1 Å². The van der Waals surface area contributed by atoms with Crippen LogP contribution in [0.5, 0.6) is 0 Å². The van der Waals surface area contributed by atoms with Crippen LogP contribution in [0.15, 0.2) is 41.7 Å². The summed E-state index contributed by atoms with van der Waals surface area (Å²) in [5.74, 6) is -1.01. The number of hydrogen-bond acceptors (Lipinski definition) is 3. The molecule has 1 aromatic heterocycles. The zero-order valence-electron chi connectivity index (χ0n) is 8.62. The van der Waals surface area contributed by atoms with Gasteiger partial charge >= 0.3 is 5.97 Å². The largest absolute Gasteiger partial charge is 0.476 e. The molecule has 0 aliphatic rings. The molecule has 0 atom stereocenters. The monoisotopic (exact) mass is 234 g/mol. The molecular weight excluding hydrogens is 224 g/mol. The van der Waals surface area contributed by atoms with E-state index in [9.17, 15) is 4.79 Å². The standard InChI is InChI=1S/C11H10N2O2S/c1-16-9-4-2-3-8(5-9)13-6-10(11(14)15)12-7-13/h2-7H,1H3,(H,14,15). The molecule has 4 nitrogen and oxygen atoms in total. The van der Waals surface area contributed by atoms with Crippen LogP contribution in [0.3, 0.4) is 0 Å². The summed E-state index contributed by atoms with van der Waals surface area (Å²) in [6.07, 6.45) is 5.00. The lowest BCUT2D eigenvalue weighted by atomic mass is 10.3. The number of imidazole rings is 1. The molecule has 2 rings (SSSR count). The first-order chi connectivity index (χ1) is 7.70. The summed E-state index contributed by atoms with van der Waals surface area (Å²) in [6, 6.07) is 7.83. The minimum Gasteiger partial charge on any atom is -0.476 e. The van der Waals surface area contributed by atoms with Gasteiger partial charge in [0.2, 0.25) is 0 Å². The number of aromatic carboxylic acids is 1. The van der Waals surface area contributed by atoms with E-state index in [2.05, 4.69) is 4.98 Å². The van der Waals surface area contributed by atoms with Crippen molar-refractivity contribution in [2.75, 3.05) is 6.26 Å². The Morgan fingerprint density at radius 1 is 1.50 bits per heavy atom. The third-order valence-corrected chi connectivity index (χ3v) is 2.88. The normalized spacial score (nSPS) is 10.3. The van der Waals surface area contributed by atoms with Gasteiger partial charge in [0.05, 0.1) is 0 Å². The van der Waals surface area contributed by atoms with Gasteiger partial charge < -0.3 is 9.67 Å². The van der Waals surface area contributed by atoms with Crippen molar-refractivity contribution in [3.63, 3.8) is 0 Å². The van der Waals surface area contributed by atoms with Crippen LogP contribution in [0.1, 0.15) is 10.5 Å². The van der Waals surface area contributed by atoms with Crippen LogP contribution in [0.4, 0.5) is 0 Å². The Morgan fingerprint density at radius 2 is 2.31 bits per heavy atom. The molecule has 1 heterocycles. The van der Waals surface area contributed by atoms with Crippen LogP contribution in [-0.4, -0.2) is 26.9 Å². The van der Waals surface area contributed by atoms with Gasteiger partial charge in [0.15, 0.2) is 5.69 Å². The molecule has 1 aromatic carbocycles. The maximum atomic E-state index is 10.7. The minimum atomic E-state index is -1.01. The molecule has 0 unspecified atom stereocenters. The molecule has 16 heavy (non-hydrogen) atoms. The van der Waals surface area contributed by atoms with Crippen molar-refractivity contribution in [2.45, 2.75) is 4.90 Å². The molecule has 82 valence electrons. The van der Waals surface area contributed by atoms with Gasteiger partial charge in [0, 0.05) is 16.8 Å². The third-order valence-electron chi connectivity index (χ3n) is 2.15. The van der Waals surface area contributed by atoms with Crippen molar-refractivity contribution in [1.29, 1.82) is 0 Å². The highest BCUT2D eigenvalue weighted by Gasteiger charge is 2.07. The molecular formula is C11H10N2O2S. The molecule has 0 spiro atoms. The molecule has 0 aliphatic carbocycles. The summed E-state index contributed by atoms with van der Waals surface area (Å²) in [6.45, 7) is 0. The minimum absolute atomic E-state index is 0.0505. The smallest absolute Gasteiger partial charge is 0.356 e. The van der Waals surface area contributed by atoms with E-state index >= 15 is 0 Å². The average molecular weight is 234 g/mol. The molecule has 0 amide bonds. The number of nitrogens with zero attached hydrogens (tertiary/aromatic N) is 2. The SMILES string of the molecule is CSc1cccc(-n2cnc(C(=O)O)c2)c1. The van der Waals surface area contributed by atoms with E-state index < -0.39 is 5.97 Å². The lowest BCUT2D eigenvalue weighted by molar-refractivity contribution is 0.0691. The Bertz CT molecular complexity index is 522. The Morgan fingerprint density at radius 3 is 2.94 bits per heavy atom. The molecule has 0 saturated carbocycles. The summed E-state index contributed by atoms with van der Waals surface area (Å²) in [4.78, 5) is 15.6. The second kappa shape index (κ2) is 4.40. The van der Waals surface area contributed by atoms with Gasteiger partial charge in [-0.1, -0.05) is 6.07 Å². The van der Waals surface area contributed by atoms with E-state index in [1.165, 1.54) is 12.5 Å². The first-order valence-electron chi connectivity index (χ1n) is 4.62. The predicted molar refractivity (Wildman–Crippen MR) is 62.3 cm³/mol. The van der Waals surface area contributed by atoms with Crippen LogP contribution in [-0.2, 0) is 0 Å². The van der Waals surface area contributed by atoms with Crippen LogP contribution in [0, 0.1) is 0 Å². The summed E-state index contributed by atoms with van der Waals surface area (Å²) >= 11 is 1.64. The Balaban J connectivity index is 2.38. The number of carboxylic acid groups (broad SMARTS) is 1. The van der Waals surface area contributed by atoms with Crippen molar-refractivity contribution in [3.8, 4) is 5.69 Å². The van der Waals surface area contributed by atoms with E-state index in [4.69, 9.17) is 5.11 Å². The van der Waals surface area contributed by atoms with Crippen LogP contribution in [0.2, 0.25) is 0 Å². The number of hydrogen-bond donors (Lipinski definition) is 1. The predicted octanol–water partition coefficient (Wildman–Crippen LogP) is 2.29. The van der Waals surface area contributed by atoms with Crippen LogP contribution >= 0.6 is 11.8 Å². The molecule has 0 bridgehead atoms. The number of thioether (sulfide) groups is 1. The fourth-order valence-electron chi connectivity index (χ4n) is 1.35. The number of carbonyl (C=O) groups is 1. The number of benzene rings is 1. The lowest BCUT2D eigenvalue weighted by Crippen LogP contribution is -1.95. The van der Waals surface area contributed by atoms with Gasteiger partial charge in [-0.15, -0.1) is 11.8 Å². The third kappa shape index (κ3) is 2.09. The van der Waals surface area contributed by atoms with Crippen LogP contribution < -0.4 is 0 Å². The van der Waals surface area contributed by atoms with Crippen molar-refractivity contribution in [1.82, 2.24) is 9.55 Å². The highest BCUT2D eigenvalue weighted by Crippen LogP contribution is 2.18. The van der Waals surface area contributed by atoms with E-state index in [0.29, 0.717) is 0 Å². The van der Waals surface area contributed by atoms with Gasteiger partial charge in [-0.2, -0.15) is 0 Å². The quantitative estimate of drug-likeness (QED) is 0.828. The zero-order chi connectivity index (χ0) is 11.5. The van der Waals surface area contributed by atoms with Crippen molar-refractivity contribution in [3.05, 3.63) is 42.5 Å². The maximum Gasteiger partial charge on any atom is 0.356 e. The van der Waals surface area contributed by atoms with Crippen LogP contribution in [0.25, 0.3) is 5.69 Å². The molecule has 1 N–H and O–H groups in total. The van der Waals surface area contributed by atoms with E-state index in [-0.39, 0.29) is 5.69 Å². The molecule has 0 fully saturated rings. The van der Waals surface area contributed by atoms with Gasteiger partial charge in [0.1, 0.15) is 6.33 Å². The second-order valence-corrected chi connectivity index (χ2v) is 4.05. The summed E-state index contributed by atoms with van der Waals surface area (Å²) in [5, 5.41) is 8.77. The zero-order valence-corrected chi connectivity index (χ0v) is 9.44. The Hall–Kier alpha value is -1.75. The number of carboxylic acids is 1. The average Bonchev–Trinajstić information content (AvgIpc) is 2.78. The molecule has 2 aromatic rings. The first kappa shape index (κ1) is 10.8. The van der Waals surface area contributed by atoms with E-state index in [1.54, 1.807) is 16.3 Å². The summed E-state index contributed by atoms with van der Waals surface area (Å²) in [7, 11) is 0. The van der Waals surface area contributed by atoms with E-state index in [0.717, 1.165) is 10.6 Å². The van der Waals surface area contributed by atoms with Crippen molar-refractivity contribution < 1.29 is 9.90 Å². The molecule has 0 saturated heterocycles. The van der Waals surface area contributed by atoms with Gasteiger partial charge in [-0.25, -0.2) is 9.78 Å². The Kier molecular flexibility index (Phi) is 2.96. The first-order valence-corrected chi connectivity index (χ1v) is 5.85. The molecule has 5 heteroatoms. The maximum absolute atomic E-state index is 10.7. The number of aromatic nitrogens is 2. The van der Waals surface area contributed by atoms with Gasteiger partial charge in [-0.05, 0) is 24.5 Å². The Labute approximate surface area is 96.9 Å².